The van der Waals surface area contributed by atoms with Crippen molar-refractivity contribution < 1.29 is 4.57 Å². The molecule has 0 spiro atoms. The summed E-state index contributed by atoms with van der Waals surface area (Å²) in [6.07, 6.45) is 1.86. The van der Waals surface area contributed by atoms with Crippen molar-refractivity contribution in [1.29, 1.82) is 0 Å². The van der Waals surface area contributed by atoms with Crippen molar-refractivity contribution in [2.24, 2.45) is 11.0 Å². The minimum absolute atomic E-state index is 0.720. The van der Waals surface area contributed by atoms with Crippen molar-refractivity contribution in [1.82, 2.24) is 4.67 Å². The van der Waals surface area contributed by atoms with Gasteiger partial charge in [0.1, 0.15) is 0 Å². The Hall–Kier alpha value is 0.110. The third kappa shape index (κ3) is 4.53. The van der Waals surface area contributed by atoms with Gasteiger partial charge in [-0.15, -0.1) is 0 Å². The molecule has 0 aliphatic rings. The second-order valence-electron chi connectivity index (χ2n) is 2.63. The van der Waals surface area contributed by atoms with Crippen LogP contribution in [0.3, 0.4) is 0 Å². The van der Waals surface area contributed by atoms with Crippen LogP contribution in [0.2, 0.25) is 0 Å². The van der Waals surface area contributed by atoms with Gasteiger partial charge in [-0.1, -0.05) is 13.8 Å². The fraction of sp³-hybridized carbons (Fsp3) is 1.00. The van der Waals surface area contributed by atoms with Crippen molar-refractivity contribution in [2.45, 2.75) is 26.7 Å². The second kappa shape index (κ2) is 4.88. The first-order chi connectivity index (χ1) is 5.02. The molecule has 0 heterocycles. The van der Waals surface area contributed by atoms with Gasteiger partial charge in [0.15, 0.2) is 0 Å². The van der Waals surface area contributed by atoms with E-state index in [1.54, 1.807) is 4.67 Å². The maximum atomic E-state index is 11.2. The second-order valence-corrected chi connectivity index (χ2v) is 4.54. The van der Waals surface area contributed by atoms with E-state index >= 15 is 0 Å². The third-order valence-corrected chi connectivity index (χ3v) is 2.69. The molecule has 0 aromatic heterocycles. The Morgan fingerprint density at radius 3 is 1.73 bits per heavy atom. The summed E-state index contributed by atoms with van der Waals surface area (Å²) in [4.78, 5) is 0. The summed E-state index contributed by atoms with van der Waals surface area (Å²) < 4.78 is 12.8. The van der Waals surface area contributed by atoms with E-state index < -0.39 is 7.59 Å². The maximum absolute atomic E-state index is 11.2. The third-order valence-electron chi connectivity index (χ3n) is 1.41. The van der Waals surface area contributed by atoms with Crippen LogP contribution >= 0.6 is 7.59 Å². The van der Waals surface area contributed by atoms with Crippen LogP contribution < -0.4 is 11.0 Å². The normalized spacial score (nSPS) is 12.5. The molecule has 11 heavy (non-hydrogen) atoms. The van der Waals surface area contributed by atoms with E-state index in [0.29, 0.717) is 0 Å². The first kappa shape index (κ1) is 11.1. The Kier molecular flexibility index (Phi) is 4.93. The van der Waals surface area contributed by atoms with E-state index in [1.807, 2.05) is 13.8 Å². The minimum atomic E-state index is -2.98. The smallest absolute Gasteiger partial charge is 0.271 e. The molecule has 0 unspecified atom stereocenters. The molecule has 0 rings (SSSR count). The number of rotatable bonds is 5. The largest absolute Gasteiger partial charge is 0.276 e. The maximum Gasteiger partial charge on any atom is 0.276 e. The molecule has 0 aromatic carbocycles. The summed E-state index contributed by atoms with van der Waals surface area (Å²) >= 11 is 0. The Morgan fingerprint density at radius 1 is 1.18 bits per heavy atom. The van der Waals surface area contributed by atoms with Crippen molar-refractivity contribution in [3.63, 3.8) is 0 Å². The van der Waals surface area contributed by atoms with Gasteiger partial charge in [-0.2, -0.15) is 0 Å². The van der Waals surface area contributed by atoms with Crippen LogP contribution in [-0.4, -0.2) is 17.8 Å². The molecule has 0 saturated carbocycles. The van der Waals surface area contributed by atoms with E-state index in [4.69, 9.17) is 11.0 Å². The first-order valence-corrected chi connectivity index (χ1v) is 5.74. The van der Waals surface area contributed by atoms with Crippen LogP contribution in [0.1, 0.15) is 26.7 Å². The molecule has 0 amide bonds. The molecule has 68 valence electrons. The topological polar surface area (TPSA) is 72.3 Å². The first-order valence-electron chi connectivity index (χ1n) is 3.95. The minimum Gasteiger partial charge on any atom is -0.271 e. The van der Waals surface area contributed by atoms with Gasteiger partial charge in [0.05, 0.1) is 0 Å². The van der Waals surface area contributed by atoms with Gasteiger partial charge >= 0.3 is 0 Å². The van der Waals surface area contributed by atoms with E-state index in [0.717, 1.165) is 25.9 Å². The predicted octanol–water partition coefficient (Wildman–Crippen LogP) is 1.13. The van der Waals surface area contributed by atoms with Crippen molar-refractivity contribution in [3.05, 3.63) is 0 Å². The number of hydrogen-bond donors (Lipinski definition) is 2. The summed E-state index contributed by atoms with van der Waals surface area (Å²) in [7, 11) is -2.98. The van der Waals surface area contributed by atoms with Gasteiger partial charge in [-0.25, -0.2) is 4.67 Å². The van der Waals surface area contributed by atoms with Crippen molar-refractivity contribution in [2.75, 3.05) is 13.1 Å². The van der Waals surface area contributed by atoms with Gasteiger partial charge in [0, 0.05) is 13.1 Å². The Morgan fingerprint density at radius 2 is 1.55 bits per heavy atom. The van der Waals surface area contributed by atoms with Crippen LogP contribution in [0.5, 0.6) is 0 Å². The summed E-state index contributed by atoms with van der Waals surface area (Å²) in [5.74, 6) is 0. The number of nitrogens with zero attached hydrogens (tertiary/aromatic N) is 1. The van der Waals surface area contributed by atoms with Gasteiger partial charge in [0.2, 0.25) is 0 Å². The van der Waals surface area contributed by atoms with Crippen LogP contribution in [-0.2, 0) is 4.57 Å². The average Bonchev–Trinajstić information content (AvgIpc) is 1.85. The molecule has 0 aliphatic carbocycles. The van der Waals surface area contributed by atoms with E-state index in [-0.39, 0.29) is 0 Å². The lowest BCUT2D eigenvalue weighted by Gasteiger charge is -2.23. The van der Waals surface area contributed by atoms with Gasteiger partial charge in [-0.3, -0.25) is 15.6 Å². The van der Waals surface area contributed by atoms with Crippen LogP contribution in [0.4, 0.5) is 0 Å². The molecular weight excluding hydrogens is 161 g/mol. The SMILES string of the molecule is CCCN(CCC)P(N)(N)=O. The molecule has 0 aromatic rings. The zero-order chi connectivity index (χ0) is 8.91. The highest BCUT2D eigenvalue weighted by molar-refractivity contribution is 7.56. The van der Waals surface area contributed by atoms with Crippen molar-refractivity contribution in [3.8, 4) is 0 Å². The quantitative estimate of drug-likeness (QED) is 0.620. The standard InChI is InChI=1S/C6H18N3OP/c1-3-5-9(6-4-2)11(7,8)10/h3-6H2,1-2H3,(H4,7,8,10). The summed E-state index contributed by atoms with van der Waals surface area (Å²) in [5.41, 5.74) is 10.6. The molecule has 0 aliphatic heterocycles. The van der Waals surface area contributed by atoms with Crippen molar-refractivity contribution >= 4 is 7.59 Å². The predicted molar refractivity (Wildman–Crippen MR) is 48.1 cm³/mol. The zero-order valence-electron chi connectivity index (χ0n) is 7.29. The fourth-order valence-corrected chi connectivity index (χ4v) is 1.97. The summed E-state index contributed by atoms with van der Waals surface area (Å²) in [5, 5.41) is 0. The lowest BCUT2D eigenvalue weighted by Crippen LogP contribution is -2.30. The molecule has 0 radical (unpaired) electrons. The van der Waals surface area contributed by atoms with Gasteiger partial charge in [-0.05, 0) is 12.8 Å². The van der Waals surface area contributed by atoms with Crippen LogP contribution in [0.25, 0.3) is 0 Å². The zero-order valence-corrected chi connectivity index (χ0v) is 8.18. The Balaban J connectivity index is 3.99. The average molecular weight is 179 g/mol. The molecule has 4 nitrogen and oxygen atoms in total. The molecule has 0 bridgehead atoms. The lowest BCUT2D eigenvalue weighted by atomic mass is 10.4. The Labute approximate surface area is 68.5 Å². The molecule has 0 fully saturated rings. The Bertz CT molecular complexity index is 139. The molecule has 4 N–H and O–H groups in total. The monoisotopic (exact) mass is 179 g/mol. The highest BCUT2D eigenvalue weighted by Crippen LogP contribution is 2.31. The molecule has 5 heteroatoms. The van der Waals surface area contributed by atoms with E-state index in [1.165, 1.54) is 0 Å². The molecule has 0 atom stereocenters. The fourth-order valence-electron chi connectivity index (χ4n) is 0.941. The summed E-state index contributed by atoms with van der Waals surface area (Å²) in [6.45, 7) is 5.47. The number of hydrogen-bond acceptors (Lipinski definition) is 1. The van der Waals surface area contributed by atoms with E-state index in [2.05, 4.69) is 0 Å². The summed E-state index contributed by atoms with van der Waals surface area (Å²) in [6, 6.07) is 0. The highest BCUT2D eigenvalue weighted by atomic mass is 31.2. The molecule has 0 saturated heterocycles. The van der Waals surface area contributed by atoms with Crippen LogP contribution in [0.15, 0.2) is 0 Å². The van der Waals surface area contributed by atoms with Crippen LogP contribution in [0, 0.1) is 0 Å². The van der Waals surface area contributed by atoms with E-state index in [9.17, 15) is 4.57 Å². The highest BCUT2D eigenvalue weighted by Gasteiger charge is 2.18. The van der Waals surface area contributed by atoms with Gasteiger partial charge in [0.25, 0.3) is 7.59 Å². The number of nitrogens with two attached hydrogens (primary N) is 2. The van der Waals surface area contributed by atoms with Gasteiger partial charge < -0.3 is 0 Å². The molecular formula is C6H18N3OP. The lowest BCUT2D eigenvalue weighted by molar-refractivity contribution is 0.408.